The smallest absolute Gasteiger partial charge is 0.240 e. The Morgan fingerprint density at radius 1 is 1.03 bits per heavy atom. The third-order valence-corrected chi connectivity index (χ3v) is 7.15. The Bertz CT molecular complexity index is 1070. The molecule has 0 aliphatic heterocycles. The summed E-state index contributed by atoms with van der Waals surface area (Å²) < 4.78 is 35.8. The van der Waals surface area contributed by atoms with Crippen molar-refractivity contribution in [3.8, 4) is 11.4 Å². The van der Waals surface area contributed by atoms with Gasteiger partial charge in [-0.05, 0) is 62.8 Å². The Hall–Kier alpha value is -2.59. The topological polar surface area (TPSA) is 116 Å². The Balaban J connectivity index is 1.27. The summed E-state index contributed by atoms with van der Waals surface area (Å²) in [5.41, 5.74) is 0.741. The predicted octanol–water partition coefficient (Wildman–Crippen LogP) is 2.67. The van der Waals surface area contributed by atoms with Gasteiger partial charge in [-0.3, -0.25) is 0 Å². The Kier molecular flexibility index (Phi) is 4.67. The highest BCUT2D eigenvalue weighted by atomic mass is 32.2. The molecule has 5 rings (SSSR count). The van der Waals surface area contributed by atoms with E-state index in [1.807, 2.05) is 4.57 Å². The zero-order chi connectivity index (χ0) is 19.8. The second-order valence-corrected chi connectivity index (χ2v) is 9.52. The fraction of sp³-hybridized carbons (Fsp3) is 0.474. The molecular formula is C19H22N6O3S. The van der Waals surface area contributed by atoms with Crippen molar-refractivity contribution in [3.63, 3.8) is 0 Å². The molecule has 0 bridgehead atoms. The van der Waals surface area contributed by atoms with Gasteiger partial charge in [0.15, 0.2) is 0 Å². The second kappa shape index (κ2) is 7.34. The van der Waals surface area contributed by atoms with E-state index in [4.69, 9.17) is 4.52 Å². The van der Waals surface area contributed by atoms with E-state index in [1.165, 1.54) is 0 Å². The number of aromatic nitrogens is 5. The van der Waals surface area contributed by atoms with E-state index in [9.17, 15) is 8.42 Å². The molecule has 2 heterocycles. The van der Waals surface area contributed by atoms with E-state index in [2.05, 4.69) is 25.1 Å². The van der Waals surface area contributed by atoms with Crippen LogP contribution < -0.4 is 4.72 Å². The van der Waals surface area contributed by atoms with Gasteiger partial charge in [-0.25, -0.2) is 13.1 Å². The SMILES string of the molecule is O=S(=O)(NC1CCCC(n2cnnc2)C1)c1ccc(-c2noc(C3CC3)n2)cc1. The van der Waals surface area contributed by atoms with Gasteiger partial charge >= 0.3 is 0 Å². The van der Waals surface area contributed by atoms with Crippen molar-refractivity contribution in [2.45, 2.75) is 61.4 Å². The van der Waals surface area contributed by atoms with E-state index in [1.54, 1.807) is 36.9 Å². The first-order valence-electron chi connectivity index (χ1n) is 9.89. The molecule has 2 unspecified atom stereocenters. The second-order valence-electron chi connectivity index (χ2n) is 7.80. The molecule has 10 heteroatoms. The van der Waals surface area contributed by atoms with Crippen LogP contribution in [0.4, 0.5) is 0 Å². The molecule has 2 aliphatic rings. The van der Waals surface area contributed by atoms with Crippen LogP contribution >= 0.6 is 0 Å². The number of hydrogen-bond donors (Lipinski definition) is 1. The first-order chi connectivity index (χ1) is 14.1. The average molecular weight is 414 g/mol. The third-order valence-electron chi connectivity index (χ3n) is 5.62. The van der Waals surface area contributed by atoms with Crippen LogP contribution in [0.3, 0.4) is 0 Å². The van der Waals surface area contributed by atoms with Crippen LogP contribution in [-0.4, -0.2) is 39.4 Å². The van der Waals surface area contributed by atoms with E-state index in [0.29, 0.717) is 17.6 Å². The highest BCUT2D eigenvalue weighted by molar-refractivity contribution is 7.89. The summed E-state index contributed by atoms with van der Waals surface area (Å²) in [5.74, 6) is 1.55. The van der Waals surface area contributed by atoms with E-state index in [-0.39, 0.29) is 17.0 Å². The molecule has 1 aromatic carbocycles. The van der Waals surface area contributed by atoms with Gasteiger partial charge in [-0.2, -0.15) is 4.98 Å². The largest absolute Gasteiger partial charge is 0.339 e. The van der Waals surface area contributed by atoms with Crippen molar-refractivity contribution in [2.75, 3.05) is 0 Å². The van der Waals surface area contributed by atoms with Crippen molar-refractivity contribution >= 4 is 10.0 Å². The van der Waals surface area contributed by atoms with Crippen LogP contribution in [0.25, 0.3) is 11.4 Å². The number of benzene rings is 1. The van der Waals surface area contributed by atoms with E-state index < -0.39 is 10.0 Å². The zero-order valence-corrected chi connectivity index (χ0v) is 16.6. The summed E-state index contributed by atoms with van der Waals surface area (Å²) in [6.45, 7) is 0. The lowest BCUT2D eigenvalue weighted by atomic mass is 9.91. The summed E-state index contributed by atoms with van der Waals surface area (Å²) in [5, 5.41) is 11.7. The van der Waals surface area contributed by atoms with Gasteiger partial charge in [0.2, 0.25) is 21.7 Å². The standard InChI is InChI=1S/C19H22N6O3S/c26-29(27,24-15-2-1-3-16(10-15)25-11-20-21-12-25)17-8-6-13(7-9-17)18-22-19(28-23-18)14-4-5-14/h6-9,11-12,14-16,24H,1-5,10H2. The number of nitrogens with zero attached hydrogens (tertiary/aromatic N) is 5. The maximum atomic E-state index is 12.9. The minimum atomic E-state index is -3.60. The van der Waals surface area contributed by atoms with Gasteiger partial charge in [-0.1, -0.05) is 5.16 Å². The van der Waals surface area contributed by atoms with Crippen LogP contribution in [0.15, 0.2) is 46.3 Å². The van der Waals surface area contributed by atoms with Crippen LogP contribution in [-0.2, 0) is 10.0 Å². The number of nitrogens with one attached hydrogen (secondary N) is 1. The zero-order valence-electron chi connectivity index (χ0n) is 15.8. The molecular weight excluding hydrogens is 392 g/mol. The molecule has 0 spiro atoms. The fourth-order valence-electron chi connectivity index (χ4n) is 3.86. The lowest BCUT2D eigenvalue weighted by Gasteiger charge is -2.30. The Morgan fingerprint density at radius 3 is 2.52 bits per heavy atom. The molecule has 2 atom stereocenters. The molecule has 2 saturated carbocycles. The number of sulfonamides is 1. The highest BCUT2D eigenvalue weighted by Crippen LogP contribution is 2.39. The Labute approximate surface area is 168 Å². The average Bonchev–Trinajstić information content (AvgIpc) is 3.22. The third kappa shape index (κ3) is 3.95. The fourth-order valence-corrected chi connectivity index (χ4v) is 5.14. The van der Waals surface area contributed by atoms with Crippen molar-refractivity contribution in [1.82, 2.24) is 29.6 Å². The summed E-state index contributed by atoms with van der Waals surface area (Å²) in [4.78, 5) is 4.64. The predicted molar refractivity (Wildman–Crippen MR) is 103 cm³/mol. The van der Waals surface area contributed by atoms with Gasteiger partial charge in [0, 0.05) is 23.6 Å². The minimum absolute atomic E-state index is 0.112. The van der Waals surface area contributed by atoms with Gasteiger partial charge < -0.3 is 9.09 Å². The van der Waals surface area contributed by atoms with Gasteiger partial charge in [0.1, 0.15) is 12.7 Å². The quantitative estimate of drug-likeness (QED) is 0.659. The van der Waals surface area contributed by atoms with E-state index >= 15 is 0 Å². The normalized spacial score (nSPS) is 22.6. The first-order valence-corrected chi connectivity index (χ1v) is 11.4. The van der Waals surface area contributed by atoms with Gasteiger partial charge in [-0.15, -0.1) is 10.2 Å². The highest BCUT2D eigenvalue weighted by Gasteiger charge is 2.30. The molecule has 152 valence electrons. The van der Waals surface area contributed by atoms with Crippen LogP contribution in [0, 0.1) is 0 Å². The molecule has 9 nitrogen and oxygen atoms in total. The summed E-state index contributed by atoms with van der Waals surface area (Å²) in [6, 6.07) is 6.72. The maximum absolute atomic E-state index is 12.9. The monoisotopic (exact) mass is 414 g/mol. The number of hydrogen-bond acceptors (Lipinski definition) is 7. The van der Waals surface area contributed by atoms with Crippen molar-refractivity contribution in [1.29, 1.82) is 0 Å². The van der Waals surface area contributed by atoms with Crippen molar-refractivity contribution in [3.05, 3.63) is 42.8 Å². The molecule has 0 amide bonds. The first kappa shape index (κ1) is 18.4. The lowest BCUT2D eigenvalue weighted by molar-refractivity contribution is 0.305. The molecule has 0 saturated heterocycles. The minimum Gasteiger partial charge on any atom is -0.339 e. The van der Waals surface area contributed by atoms with Crippen LogP contribution in [0.1, 0.15) is 56.4 Å². The Morgan fingerprint density at radius 2 is 1.79 bits per heavy atom. The molecule has 3 aromatic rings. The molecule has 2 aromatic heterocycles. The van der Waals surface area contributed by atoms with Crippen LogP contribution in [0.2, 0.25) is 0 Å². The molecule has 29 heavy (non-hydrogen) atoms. The summed E-state index contributed by atoms with van der Waals surface area (Å²) in [6.07, 6.45) is 9.05. The van der Waals surface area contributed by atoms with Crippen molar-refractivity contribution < 1.29 is 12.9 Å². The molecule has 1 N–H and O–H groups in total. The van der Waals surface area contributed by atoms with Crippen LogP contribution in [0.5, 0.6) is 0 Å². The maximum Gasteiger partial charge on any atom is 0.240 e. The van der Waals surface area contributed by atoms with Gasteiger partial charge in [0.05, 0.1) is 4.90 Å². The van der Waals surface area contributed by atoms with Gasteiger partial charge in [0.25, 0.3) is 0 Å². The van der Waals surface area contributed by atoms with E-state index in [0.717, 1.165) is 44.1 Å². The lowest BCUT2D eigenvalue weighted by Crippen LogP contribution is -2.38. The molecule has 2 aliphatic carbocycles. The number of rotatable bonds is 6. The van der Waals surface area contributed by atoms with Crippen molar-refractivity contribution in [2.24, 2.45) is 0 Å². The molecule has 2 fully saturated rings. The summed E-state index contributed by atoms with van der Waals surface area (Å²) in [7, 11) is -3.60. The molecule has 0 radical (unpaired) electrons. The summed E-state index contributed by atoms with van der Waals surface area (Å²) >= 11 is 0.